The minimum atomic E-state index is -1.22. The normalized spacial score (nSPS) is 16.5. The van der Waals surface area contributed by atoms with Crippen LogP contribution in [-0.4, -0.2) is 56.1 Å². The van der Waals surface area contributed by atoms with Gasteiger partial charge in [-0.2, -0.15) is 0 Å². The largest absolute Gasteiger partial charge is 0.445 e. The average molecular weight is 461 g/mol. The molecular formula is C24H36N2O5Si. The number of aromatic nitrogens is 1. The number of carbonyl (C=O) groups excluding carboxylic acids is 1. The third-order valence-electron chi connectivity index (χ3n) is 5.17. The Labute approximate surface area is 192 Å². The molecule has 1 aliphatic rings. The van der Waals surface area contributed by atoms with Crippen LogP contribution in [0.4, 0.5) is 4.79 Å². The lowest BCUT2D eigenvalue weighted by Gasteiger charge is -2.33. The smallest absolute Gasteiger partial charge is 0.412 e. The molecule has 2 aromatic rings. The fourth-order valence-electron chi connectivity index (χ4n) is 3.55. The number of oxazole rings is 1. The summed E-state index contributed by atoms with van der Waals surface area (Å²) in [5.74, 6) is 0.598. The van der Waals surface area contributed by atoms with Crippen LogP contribution in [0.3, 0.4) is 0 Å². The van der Waals surface area contributed by atoms with E-state index in [0.29, 0.717) is 25.6 Å². The summed E-state index contributed by atoms with van der Waals surface area (Å²) in [6, 6.07) is 7.07. The Morgan fingerprint density at radius 1 is 1.28 bits per heavy atom. The maximum absolute atomic E-state index is 12.9. The van der Waals surface area contributed by atoms with Gasteiger partial charge in [0.05, 0.1) is 19.3 Å². The lowest BCUT2D eigenvalue weighted by atomic mass is 9.92. The van der Waals surface area contributed by atoms with E-state index in [1.54, 1.807) is 17.4 Å². The Morgan fingerprint density at radius 2 is 2.06 bits per heavy atom. The molecule has 1 amide bonds. The van der Waals surface area contributed by atoms with Crippen LogP contribution in [0.5, 0.6) is 0 Å². The van der Waals surface area contributed by atoms with Gasteiger partial charge in [-0.05, 0) is 50.4 Å². The van der Waals surface area contributed by atoms with Crippen molar-refractivity contribution in [3.63, 3.8) is 0 Å². The van der Waals surface area contributed by atoms with Crippen molar-refractivity contribution in [2.24, 2.45) is 0 Å². The maximum Gasteiger partial charge on any atom is 0.412 e. The molecule has 0 bridgehead atoms. The molecule has 0 saturated heterocycles. The van der Waals surface area contributed by atoms with Crippen LogP contribution < -0.4 is 0 Å². The van der Waals surface area contributed by atoms with Crippen LogP contribution in [0.2, 0.25) is 25.7 Å². The second-order valence-corrected chi connectivity index (χ2v) is 16.0. The lowest BCUT2D eigenvalue weighted by Crippen LogP contribution is -2.42. The van der Waals surface area contributed by atoms with Gasteiger partial charge in [0.25, 0.3) is 0 Å². The van der Waals surface area contributed by atoms with Crippen molar-refractivity contribution in [1.29, 1.82) is 0 Å². The van der Waals surface area contributed by atoms with Gasteiger partial charge in [-0.1, -0.05) is 31.8 Å². The van der Waals surface area contributed by atoms with Gasteiger partial charge < -0.3 is 18.6 Å². The van der Waals surface area contributed by atoms with Crippen molar-refractivity contribution in [2.45, 2.75) is 64.6 Å². The van der Waals surface area contributed by atoms with Crippen molar-refractivity contribution in [3.05, 3.63) is 41.8 Å². The summed E-state index contributed by atoms with van der Waals surface area (Å²) in [4.78, 5) is 18.9. The van der Waals surface area contributed by atoms with Gasteiger partial charge in [-0.3, -0.25) is 4.90 Å². The fraction of sp³-hybridized carbons (Fsp3) is 0.583. The van der Waals surface area contributed by atoms with Gasteiger partial charge >= 0.3 is 6.09 Å². The van der Waals surface area contributed by atoms with Crippen molar-refractivity contribution in [2.75, 3.05) is 26.5 Å². The number of nitrogens with zero attached hydrogens (tertiary/aromatic N) is 2. The molecule has 0 saturated carbocycles. The maximum atomic E-state index is 12.9. The highest BCUT2D eigenvalue weighted by molar-refractivity contribution is 6.76. The van der Waals surface area contributed by atoms with Crippen molar-refractivity contribution in [3.8, 4) is 11.5 Å². The second-order valence-electron chi connectivity index (χ2n) is 10.4. The standard InChI is InChI=1S/C24H36N2O5Si/c1-24(2,3)31-23(27)26(17-28-14-15-32(4,5)6)16-21-19-8-7-9-20(18(19)10-12-29-21)22-25-11-13-30-22/h7-9,11,13,21H,10,12,14-17H2,1-6H3/t21-/m1/s1. The van der Waals surface area contributed by atoms with Crippen molar-refractivity contribution >= 4 is 14.2 Å². The van der Waals surface area contributed by atoms with Gasteiger partial charge in [0.15, 0.2) is 0 Å². The SMILES string of the molecule is CC(C)(C)OC(=O)N(COCC[Si](C)(C)C)C[C@H]1OCCc2c(-c3ncco3)cccc21. The van der Waals surface area contributed by atoms with E-state index in [1.807, 2.05) is 39.0 Å². The predicted molar refractivity (Wildman–Crippen MR) is 126 cm³/mol. The molecule has 0 radical (unpaired) electrons. The molecule has 1 aliphatic heterocycles. The van der Waals surface area contributed by atoms with Gasteiger partial charge in [-0.25, -0.2) is 9.78 Å². The Kier molecular flexibility index (Phi) is 7.79. The molecule has 3 rings (SSSR count). The van der Waals surface area contributed by atoms with E-state index in [4.69, 9.17) is 18.6 Å². The number of carbonyl (C=O) groups is 1. The first-order valence-electron chi connectivity index (χ1n) is 11.2. The number of benzene rings is 1. The lowest BCUT2D eigenvalue weighted by molar-refractivity contribution is -0.0405. The third-order valence-corrected chi connectivity index (χ3v) is 6.88. The Hall–Kier alpha value is -2.16. The topological polar surface area (TPSA) is 74.0 Å². The molecule has 2 heterocycles. The molecule has 1 aromatic heterocycles. The Bertz CT molecular complexity index is 887. The number of fused-ring (bicyclic) bond motifs is 1. The van der Waals surface area contributed by atoms with Crippen LogP contribution in [0, 0.1) is 0 Å². The summed E-state index contributed by atoms with van der Waals surface area (Å²) >= 11 is 0. The first-order chi connectivity index (χ1) is 15.0. The highest BCUT2D eigenvalue weighted by Crippen LogP contribution is 2.34. The molecular weight excluding hydrogens is 424 g/mol. The van der Waals surface area contributed by atoms with Gasteiger partial charge in [0.2, 0.25) is 5.89 Å². The van der Waals surface area contributed by atoms with Crippen LogP contribution in [0.25, 0.3) is 11.5 Å². The van der Waals surface area contributed by atoms with Crippen LogP contribution in [-0.2, 0) is 20.6 Å². The van der Waals surface area contributed by atoms with Gasteiger partial charge in [-0.15, -0.1) is 0 Å². The molecule has 0 spiro atoms. The summed E-state index contributed by atoms with van der Waals surface area (Å²) in [6.07, 6.45) is 3.32. The molecule has 1 atom stereocenters. The molecule has 176 valence electrons. The summed E-state index contributed by atoms with van der Waals surface area (Å²) < 4.78 is 23.2. The van der Waals surface area contributed by atoms with E-state index in [0.717, 1.165) is 29.2 Å². The number of rotatable bonds is 8. The first kappa shape index (κ1) is 24.5. The fourth-order valence-corrected chi connectivity index (χ4v) is 4.30. The Balaban J connectivity index is 1.77. The molecule has 1 aromatic carbocycles. The number of hydrogen-bond donors (Lipinski definition) is 0. The zero-order valence-electron chi connectivity index (χ0n) is 20.1. The minimum Gasteiger partial charge on any atom is -0.445 e. The first-order valence-corrected chi connectivity index (χ1v) is 14.9. The van der Waals surface area contributed by atoms with Crippen LogP contribution in [0.15, 0.2) is 35.1 Å². The number of amides is 1. The molecule has 0 fully saturated rings. The van der Waals surface area contributed by atoms with E-state index in [9.17, 15) is 4.79 Å². The number of ether oxygens (including phenoxy) is 3. The summed E-state index contributed by atoms with van der Waals surface area (Å²) in [7, 11) is -1.22. The average Bonchev–Trinajstić information content (AvgIpc) is 3.22. The van der Waals surface area contributed by atoms with Gasteiger partial charge in [0, 0.05) is 20.2 Å². The molecule has 0 aliphatic carbocycles. The van der Waals surface area contributed by atoms with Crippen LogP contribution >= 0.6 is 0 Å². The predicted octanol–water partition coefficient (Wildman–Crippen LogP) is 5.50. The highest BCUT2D eigenvalue weighted by atomic mass is 28.3. The van der Waals surface area contributed by atoms with Crippen molar-refractivity contribution in [1.82, 2.24) is 9.88 Å². The summed E-state index contributed by atoms with van der Waals surface area (Å²) in [5, 5.41) is 0. The molecule has 0 N–H and O–H groups in total. The highest BCUT2D eigenvalue weighted by Gasteiger charge is 2.30. The minimum absolute atomic E-state index is 0.175. The van der Waals surface area contributed by atoms with E-state index in [-0.39, 0.29) is 12.8 Å². The molecule has 0 unspecified atom stereocenters. The van der Waals surface area contributed by atoms with E-state index in [2.05, 4.69) is 24.6 Å². The van der Waals surface area contributed by atoms with Gasteiger partial charge in [0.1, 0.15) is 24.7 Å². The quantitative estimate of drug-likeness (QED) is 0.294. The van der Waals surface area contributed by atoms with E-state index < -0.39 is 19.8 Å². The van der Waals surface area contributed by atoms with E-state index >= 15 is 0 Å². The van der Waals surface area contributed by atoms with Crippen LogP contribution in [0.1, 0.15) is 38.0 Å². The van der Waals surface area contributed by atoms with E-state index in [1.165, 1.54) is 0 Å². The summed E-state index contributed by atoms with van der Waals surface area (Å²) in [5.41, 5.74) is 2.57. The Morgan fingerprint density at radius 3 is 2.72 bits per heavy atom. The number of hydrogen-bond acceptors (Lipinski definition) is 6. The molecule has 7 nitrogen and oxygen atoms in total. The third kappa shape index (κ3) is 6.92. The second kappa shape index (κ2) is 10.2. The van der Waals surface area contributed by atoms with Crippen molar-refractivity contribution < 1.29 is 23.4 Å². The molecule has 8 heteroatoms. The zero-order valence-corrected chi connectivity index (χ0v) is 21.1. The monoisotopic (exact) mass is 460 g/mol. The summed E-state index contributed by atoms with van der Waals surface area (Å²) in [6.45, 7) is 14.2. The molecule has 32 heavy (non-hydrogen) atoms. The zero-order chi connectivity index (χ0) is 23.4.